The summed E-state index contributed by atoms with van der Waals surface area (Å²) < 4.78 is 27.3. The van der Waals surface area contributed by atoms with Gasteiger partial charge < -0.3 is 10.6 Å². The number of amides is 1. The van der Waals surface area contributed by atoms with Crippen LogP contribution in [0.5, 0.6) is 0 Å². The van der Waals surface area contributed by atoms with Gasteiger partial charge in [-0.3, -0.25) is 10.0 Å². The number of nitrogens with zero attached hydrogens (tertiary/aromatic N) is 3. The van der Waals surface area contributed by atoms with E-state index in [-0.39, 0.29) is 30.4 Å². The smallest absolute Gasteiger partial charge is 0.305 e. The number of carbonyl (C=O) groups is 1. The summed E-state index contributed by atoms with van der Waals surface area (Å²) in [5.74, 6) is -0.798. The number of hydroxylamine groups is 1. The van der Waals surface area contributed by atoms with Crippen LogP contribution in [-0.4, -0.2) is 60.0 Å². The van der Waals surface area contributed by atoms with Gasteiger partial charge in [0.15, 0.2) is 0 Å². The van der Waals surface area contributed by atoms with Crippen LogP contribution in [0.4, 0.5) is 5.69 Å². The number of primary amides is 1. The quantitative estimate of drug-likeness (QED) is 0.708. The molecule has 0 bridgehead atoms. The number of rotatable bonds is 5. The molecular weight excluding hydrogens is 392 g/mol. The van der Waals surface area contributed by atoms with Crippen LogP contribution in [0, 0.1) is 0 Å². The minimum Gasteiger partial charge on any atom is -0.369 e. The van der Waals surface area contributed by atoms with Crippen LogP contribution in [0.3, 0.4) is 0 Å². The topological polar surface area (TPSA) is 107 Å². The number of nitrogens with two attached hydrogens (primary N) is 1. The average Bonchev–Trinajstić information content (AvgIpc) is 2.68. The van der Waals surface area contributed by atoms with E-state index in [1.165, 1.54) is 4.31 Å². The van der Waals surface area contributed by atoms with Gasteiger partial charge in [0, 0.05) is 36.9 Å². The van der Waals surface area contributed by atoms with E-state index in [1.54, 1.807) is 12.1 Å². The van der Waals surface area contributed by atoms with Crippen LogP contribution in [0.15, 0.2) is 24.3 Å². The lowest BCUT2D eigenvalue weighted by atomic mass is 9.82. The third kappa shape index (κ3) is 3.93. The molecule has 1 heterocycles. The largest absolute Gasteiger partial charge is 0.369 e. The lowest BCUT2D eigenvalue weighted by Crippen LogP contribution is -2.63. The van der Waals surface area contributed by atoms with Crippen molar-refractivity contribution in [1.82, 2.24) is 8.77 Å². The maximum atomic E-state index is 12.9. The lowest BCUT2D eigenvalue weighted by molar-refractivity contribution is -0.152. The first-order valence-electron chi connectivity index (χ1n) is 9.07. The van der Waals surface area contributed by atoms with Gasteiger partial charge in [-0.25, -0.2) is 0 Å². The molecule has 1 aromatic rings. The first-order valence-corrected chi connectivity index (χ1v) is 10.8. The number of piperazine rings is 1. The zero-order valence-electron chi connectivity index (χ0n) is 15.1. The van der Waals surface area contributed by atoms with E-state index >= 15 is 0 Å². The van der Waals surface area contributed by atoms with Crippen molar-refractivity contribution < 1.29 is 18.4 Å². The molecule has 1 saturated heterocycles. The third-order valence-electron chi connectivity index (χ3n) is 5.48. The second-order valence-electron chi connectivity index (χ2n) is 7.07. The van der Waals surface area contributed by atoms with Crippen LogP contribution in [0.1, 0.15) is 32.1 Å². The summed E-state index contributed by atoms with van der Waals surface area (Å²) >= 11 is 5.90. The molecule has 2 fully saturated rings. The summed E-state index contributed by atoms with van der Waals surface area (Å²) in [5, 5.41) is 11.2. The first-order chi connectivity index (χ1) is 12.8. The minimum atomic E-state index is -4.20. The van der Waals surface area contributed by atoms with E-state index in [2.05, 4.69) is 4.90 Å². The van der Waals surface area contributed by atoms with Crippen LogP contribution >= 0.6 is 11.6 Å². The molecule has 1 amide bonds. The van der Waals surface area contributed by atoms with Gasteiger partial charge in [-0.1, -0.05) is 35.3 Å². The van der Waals surface area contributed by atoms with E-state index in [1.807, 2.05) is 12.1 Å². The van der Waals surface area contributed by atoms with Gasteiger partial charge in [-0.15, -0.1) is 0 Å². The average molecular weight is 417 g/mol. The van der Waals surface area contributed by atoms with Crippen molar-refractivity contribution in [2.75, 3.05) is 31.1 Å². The van der Waals surface area contributed by atoms with E-state index in [9.17, 15) is 18.4 Å². The summed E-state index contributed by atoms with van der Waals surface area (Å²) in [4.78, 5) is 14.1. The molecule has 1 aliphatic heterocycles. The van der Waals surface area contributed by atoms with Crippen molar-refractivity contribution in [3.05, 3.63) is 29.3 Å². The molecule has 0 aromatic heterocycles. The Morgan fingerprint density at radius 2 is 1.63 bits per heavy atom. The Kier molecular flexibility index (Phi) is 5.97. The van der Waals surface area contributed by atoms with Gasteiger partial charge in [0.1, 0.15) is 5.54 Å². The fourth-order valence-corrected chi connectivity index (χ4v) is 5.51. The molecule has 27 heavy (non-hydrogen) atoms. The van der Waals surface area contributed by atoms with E-state index in [0.29, 0.717) is 31.0 Å². The van der Waals surface area contributed by atoms with Crippen LogP contribution in [-0.2, 0) is 15.0 Å². The molecule has 0 radical (unpaired) electrons. The standard InChI is InChI=1S/C17H25ClN4O4S/c18-14-4-6-15(7-5-14)20-10-12-21(13-11-20)27(25,26)22(24)17(16(19)23)8-2-1-3-9-17/h4-7,24H,1-3,8-13H2,(H2,19,23). The molecule has 1 saturated carbocycles. The minimum absolute atomic E-state index is 0.205. The zero-order valence-corrected chi connectivity index (χ0v) is 16.6. The second kappa shape index (κ2) is 7.92. The first kappa shape index (κ1) is 20.3. The van der Waals surface area contributed by atoms with Crippen LogP contribution in [0.2, 0.25) is 5.02 Å². The van der Waals surface area contributed by atoms with Gasteiger partial charge in [0.25, 0.3) is 0 Å². The number of carbonyl (C=O) groups excluding carboxylic acids is 1. The Hall–Kier alpha value is -1.39. The fourth-order valence-electron chi connectivity index (χ4n) is 3.83. The van der Waals surface area contributed by atoms with Crippen molar-refractivity contribution in [1.29, 1.82) is 0 Å². The molecular formula is C17H25ClN4O4S. The number of hydrogen-bond donors (Lipinski definition) is 2. The van der Waals surface area contributed by atoms with Gasteiger partial charge in [-0.2, -0.15) is 12.7 Å². The number of halogens is 1. The Balaban J connectivity index is 1.72. The van der Waals surface area contributed by atoms with Crippen molar-refractivity contribution in [3.63, 3.8) is 0 Å². The highest BCUT2D eigenvalue weighted by Crippen LogP contribution is 2.35. The van der Waals surface area contributed by atoms with Gasteiger partial charge >= 0.3 is 10.2 Å². The van der Waals surface area contributed by atoms with Crippen molar-refractivity contribution >= 4 is 33.4 Å². The summed E-state index contributed by atoms with van der Waals surface area (Å²) in [5.41, 5.74) is 4.90. The summed E-state index contributed by atoms with van der Waals surface area (Å²) in [6.45, 7) is 1.35. The monoisotopic (exact) mass is 416 g/mol. The number of anilines is 1. The molecule has 3 rings (SSSR count). The molecule has 10 heteroatoms. The lowest BCUT2D eigenvalue weighted by Gasteiger charge is -2.42. The predicted octanol–water partition coefficient (Wildman–Crippen LogP) is 1.59. The molecule has 0 atom stereocenters. The molecule has 3 N–H and O–H groups in total. The molecule has 150 valence electrons. The molecule has 0 unspecified atom stereocenters. The molecule has 2 aliphatic rings. The number of benzene rings is 1. The summed E-state index contributed by atoms with van der Waals surface area (Å²) in [7, 11) is -4.20. The highest BCUT2D eigenvalue weighted by Gasteiger charge is 2.50. The van der Waals surface area contributed by atoms with E-state index < -0.39 is 21.7 Å². The molecule has 8 nitrogen and oxygen atoms in total. The SMILES string of the molecule is NC(=O)C1(N(O)S(=O)(=O)N2CCN(c3ccc(Cl)cc3)CC2)CCCCC1. The van der Waals surface area contributed by atoms with Gasteiger partial charge in [-0.05, 0) is 37.1 Å². The normalized spacial score (nSPS) is 21.4. The highest BCUT2D eigenvalue weighted by atomic mass is 35.5. The Bertz CT molecular complexity index is 773. The van der Waals surface area contributed by atoms with Crippen LogP contribution in [0.25, 0.3) is 0 Å². The molecule has 1 aromatic carbocycles. The third-order valence-corrected chi connectivity index (χ3v) is 7.54. The highest BCUT2D eigenvalue weighted by molar-refractivity contribution is 7.86. The van der Waals surface area contributed by atoms with Crippen molar-refractivity contribution in [3.8, 4) is 0 Å². The molecule has 0 spiro atoms. The van der Waals surface area contributed by atoms with E-state index in [0.717, 1.165) is 12.1 Å². The zero-order chi connectivity index (χ0) is 19.7. The van der Waals surface area contributed by atoms with Gasteiger partial charge in [0.05, 0.1) is 0 Å². The maximum absolute atomic E-state index is 12.9. The second-order valence-corrected chi connectivity index (χ2v) is 9.26. The van der Waals surface area contributed by atoms with E-state index in [4.69, 9.17) is 17.3 Å². The summed E-state index contributed by atoms with van der Waals surface area (Å²) in [6.07, 6.45) is 2.67. The Labute approximate surface area is 164 Å². The Morgan fingerprint density at radius 3 is 2.15 bits per heavy atom. The Morgan fingerprint density at radius 1 is 1.07 bits per heavy atom. The van der Waals surface area contributed by atoms with Crippen molar-refractivity contribution in [2.24, 2.45) is 5.73 Å². The van der Waals surface area contributed by atoms with Gasteiger partial charge in [0.2, 0.25) is 5.91 Å². The maximum Gasteiger partial charge on any atom is 0.305 e. The van der Waals surface area contributed by atoms with Crippen LogP contribution < -0.4 is 10.6 Å². The predicted molar refractivity (Wildman–Crippen MR) is 103 cm³/mol. The number of hydrogen-bond acceptors (Lipinski definition) is 5. The fraction of sp³-hybridized carbons (Fsp3) is 0.588. The molecule has 1 aliphatic carbocycles. The van der Waals surface area contributed by atoms with Crippen molar-refractivity contribution in [2.45, 2.75) is 37.6 Å². The summed E-state index contributed by atoms with van der Waals surface area (Å²) in [6, 6.07) is 7.34.